The highest BCUT2D eigenvalue weighted by molar-refractivity contribution is 5.89. The fourth-order valence-electron chi connectivity index (χ4n) is 6.25. The summed E-state index contributed by atoms with van der Waals surface area (Å²) >= 11 is 0. The number of hydrogen-bond acceptors (Lipinski definition) is 4. The Morgan fingerprint density at radius 3 is 2.56 bits per heavy atom. The molecule has 1 aliphatic heterocycles. The van der Waals surface area contributed by atoms with E-state index in [0.29, 0.717) is 24.0 Å². The SMILES string of the molecule is COC(=O)c1ccc([C@H]2OCC[C@@]34C[C@@H](C[C@H]23)C(C)(C)[C@H]4NC(C)=O)cc1. The number of ether oxygens (including phenoxy) is 2. The van der Waals surface area contributed by atoms with E-state index in [4.69, 9.17) is 9.47 Å². The lowest BCUT2D eigenvalue weighted by Gasteiger charge is -2.53. The molecule has 1 aromatic carbocycles. The zero-order valence-electron chi connectivity index (χ0n) is 16.6. The van der Waals surface area contributed by atoms with Crippen molar-refractivity contribution in [2.24, 2.45) is 22.7 Å². The van der Waals surface area contributed by atoms with Crippen molar-refractivity contribution in [3.05, 3.63) is 35.4 Å². The van der Waals surface area contributed by atoms with Gasteiger partial charge in [0.15, 0.2) is 0 Å². The van der Waals surface area contributed by atoms with Gasteiger partial charge in [0.2, 0.25) is 5.91 Å². The first kappa shape index (κ1) is 18.5. The Bertz CT molecular complexity index is 756. The number of carbonyl (C=O) groups is 2. The van der Waals surface area contributed by atoms with Gasteiger partial charge in [0.1, 0.15) is 0 Å². The Labute approximate surface area is 160 Å². The number of amides is 1. The highest BCUT2D eigenvalue weighted by atomic mass is 16.5. The average Bonchev–Trinajstić information content (AvgIpc) is 3.13. The van der Waals surface area contributed by atoms with Crippen LogP contribution < -0.4 is 5.32 Å². The minimum absolute atomic E-state index is 0.0165. The number of nitrogens with one attached hydrogen (secondary N) is 1. The largest absolute Gasteiger partial charge is 0.465 e. The van der Waals surface area contributed by atoms with E-state index in [1.54, 1.807) is 6.92 Å². The molecule has 4 rings (SSSR count). The summed E-state index contributed by atoms with van der Waals surface area (Å²) in [7, 11) is 1.39. The van der Waals surface area contributed by atoms with Crippen LogP contribution in [-0.2, 0) is 14.3 Å². The van der Waals surface area contributed by atoms with Gasteiger partial charge in [0, 0.05) is 19.6 Å². The normalized spacial score (nSPS) is 36.1. The predicted octanol–water partition coefficient (Wildman–Crippen LogP) is 3.49. The molecule has 146 valence electrons. The van der Waals surface area contributed by atoms with Crippen molar-refractivity contribution in [1.82, 2.24) is 5.32 Å². The van der Waals surface area contributed by atoms with Gasteiger partial charge in [0.05, 0.1) is 18.8 Å². The van der Waals surface area contributed by atoms with Gasteiger partial charge in [-0.3, -0.25) is 4.79 Å². The summed E-state index contributed by atoms with van der Waals surface area (Å²) in [5.41, 5.74) is 1.87. The second-order valence-electron chi connectivity index (χ2n) is 9.09. The highest BCUT2D eigenvalue weighted by Gasteiger charge is 2.68. The Morgan fingerprint density at radius 2 is 1.93 bits per heavy atom. The molecule has 3 aliphatic rings. The lowest BCUT2D eigenvalue weighted by Crippen LogP contribution is -2.58. The lowest BCUT2D eigenvalue weighted by atomic mass is 9.59. The number of esters is 1. The maximum absolute atomic E-state index is 11.9. The number of methoxy groups -OCH3 is 1. The molecule has 3 fully saturated rings. The van der Waals surface area contributed by atoms with Crippen LogP contribution in [0.1, 0.15) is 62.1 Å². The van der Waals surface area contributed by atoms with E-state index in [-0.39, 0.29) is 34.9 Å². The Balaban J connectivity index is 1.65. The van der Waals surface area contributed by atoms with Crippen molar-refractivity contribution in [1.29, 1.82) is 0 Å². The predicted molar refractivity (Wildman–Crippen MR) is 101 cm³/mol. The summed E-state index contributed by atoms with van der Waals surface area (Å²) in [6, 6.07) is 7.79. The second kappa shape index (κ2) is 6.33. The zero-order valence-corrected chi connectivity index (χ0v) is 16.6. The van der Waals surface area contributed by atoms with Crippen LogP contribution in [0.15, 0.2) is 24.3 Å². The molecule has 5 heteroatoms. The lowest BCUT2D eigenvalue weighted by molar-refractivity contribution is -0.135. The summed E-state index contributed by atoms with van der Waals surface area (Å²) in [5, 5.41) is 3.30. The van der Waals surface area contributed by atoms with Crippen LogP contribution in [0.2, 0.25) is 0 Å². The van der Waals surface area contributed by atoms with E-state index >= 15 is 0 Å². The topological polar surface area (TPSA) is 64.6 Å². The first-order chi connectivity index (χ1) is 12.8. The van der Waals surface area contributed by atoms with Crippen molar-refractivity contribution in [3.8, 4) is 0 Å². The third-order valence-electron chi connectivity index (χ3n) is 7.51. The first-order valence-corrected chi connectivity index (χ1v) is 9.86. The monoisotopic (exact) mass is 371 g/mol. The van der Waals surface area contributed by atoms with E-state index in [2.05, 4.69) is 19.2 Å². The summed E-state index contributed by atoms with van der Waals surface area (Å²) in [6.45, 7) is 6.94. The number of rotatable bonds is 3. The molecule has 27 heavy (non-hydrogen) atoms. The maximum Gasteiger partial charge on any atom is 0.337 e. The minimum atomic E-state index is -0.324. The fraction of sp³-hybridized carbons (Fsp3) is 0.636. The molecule has 2 aliphatic carbocycles. The molecule has 1 N–H and O–H groups in total. The number of fused-ring (bicyclic) bond motifs is 1. The third-order valence-corrected chi connectivity index (χ3v) is 7.51. The summed E-state index contributed by atoms with van der Waals surface area (Å²) in [5.74, 6) is 0.720. The zero-order chi connectivity index (χ0) is 19.4. The molecule has 5 nitrogen and oxygen atoms in total. The number of hydrogen-bond donors (Lipinski definition) is 1. The van der Waals surface area contributed by atoms with E-state index in [9.17, 15) is 9.59 Å². The Hall–Kier alpha value is -1.88. The molecule has 5 atom stereocenters. The standard InChI is InChI=1S/C22H29NO4/c1-13(24)23-20-21(2,3)16-11-17-18(27-10-9-22(17,20)12-16)14-5-7-15(8-6-14)19(25)26-4/h5-8,16-18,20H,9-12H2,1-4H3,(H,23,24)/t16-,17-,18-,20-,22-/m1/s1. The second-order valence-corrected chi connectivity index (χ2v) is 9.09. The molecule has 1 aromatic rings. The van der Waals surface area contributed by atoms with Gasteiger partial charge in [-0.25, -0.2) is 4.79 Å². The minimum Gasteiger partial charge on any atom is -0.465 e. The Kier molecular flexibility index (Phi) is 4.34. The van der Waals surface area contributed by atoms with Crippen molar-refractivity contribution < 1.29 is 19.1 Å². The summed E-state index contributed by atoms with van der Waals surface area (Å²) in [6.07, 6.45) is 3.31. The van der Waals surface area contributed by atoms with Gasteiger partial charge in [-0.1, -0.05) is 26.0 Å². The summed E-state index contributed by atoms with van der Waals surface area (Å²) in [4.78, 5) is 23.6. The molecule has 2 bridgehead atoms. The third kappa shape index (κ3) is 2.70. The molecule has 1 amide bonds. The van der Waals surface area contributed by atoms with Gasteiger partial charge in [0.25, 0.3) is 0 Å². The highest BCUT2D eigenvalue weighted by Crippen LogP contribution is 2.70. The molecule has 1 spiro atoms. The van der Waals surface area contributed by atoms with Crippen LogP contribution in [0.25, 0.3) is 0 Å². The smallest absolute Gasteiger partial charge is 0.337 e. The van der Waals surface area contributed by atoms with Crippen LogP contribution in [0.3, 0.4) is 0 Å². The van der Waals surface area contributed by atoms with Crippen molar-refractivity contribution in [2.45, 2.75) is 52.2 Å². The van der Waals surface area contributed by atoms with Crippen molar-refractivity contribution in [3.63, 3.8) is 0 Å². The van der Waals surface area contributed by atoms with E-state index < -0.39 is 0 Å². The van der Waals surface area contributed by atoms with Gasteiger partial charge in [-0.15, -0.1) is 0 Å². The average molecular weight is 371 g/mol. The first-order valence-electron chi connectivity index (χ1n) is 9.86. The Morgan fingerprint density at radius 1 is 1.22 bits per heavy atom. The van der Waals surface area contributed by atoms with Gasteiger partial charge in [-0.05, 0) is 59.6 Å². The quantitative estimate of drug-likeness (QED) is 0.826. The number of carbonyl (C=O) groups excluding carboxylic acids is 2. The molecule has 1 heterocycles. The van der Waals surface area contributed by atoms with Gasteiger partial charge in [-0.2, -0.15) is 0 Å². The molecule has 2 saturated carbocycles. The van der Waals surface area contributed by atoms with E-state index in [1.165, 1.54) is 7.11 Å². The van der Waals surface area contributed by atoms with Crippen LogP contribution in [0.4, 0.5) is 0 Å². The van der Waals surface area contributed by atoms with Crippen LogP contribution in [0, 0.1) is 22.7 Å². The van der Waals surface area contributed by atoms with E-state index in [0.717, 1.165) is 24.8 Å². The number of benzene rings is 1. The fourth-order valence-corrected chi connectivity index (χ4v) is 6.25. The summed E-state index contributed by atoms with van der Waals surface area (Å²) < 4.78 is 11.0. The van der Waals surface area contributed by atoms with Crippen molar-refractivity contribution in [2.75, 3.05) is 13.7 Å². The molecule has 1 saturated heterocycles. The van der Waals surface area contributed by atoms with Crippen LogP contribution in [-0.4, -0.2) is 31.6 Å². The van der Waals surface area contributed by atoms with E-state index in [1.807, 2.05) is 24.3 Å². The molecule has 0 aromatic heterocycles. The van der Waals surface area contributed by atoms with Crippen LogP contribution >= 0.6 is 0 Å². The molecular formula is C22H29NO4. The van der Waals surface area contributed by atoms with Gasteiger partial charge < -0.3 is 14.8 Å². The molecular weight excluding hydrogens is 342 g/mol. The maximum atomic E-state index is 11.9. The van der Waals surface area contributed by atoms with Gasteiger partial charge >= 0.3 is 5.97 Å². The molecule has 0 unspecified atom stereocenters. The van der Waals surface area contributed by atoms with Crippen molar-refractivity contribution >= 4 is 11.9 Å². The van der Waals surface area contributed by atoms with Crippen LogP contribution in [0.5, 0.6) is 0 Å². The molecule has 0 radical (unpaired) electrons.